The molecule has 0 aliphatic carbocycles. The van der Waals surface area contributed by atoms with Gasteiger partial charge in [0.05, 0.1) is 12.1 Å². The molecule has 9 heteroatoms. The number of aromatic nitrogens is 3. The summed E-state index contributed by atoms with van der Waals surface area (Å²) in [4.78, 5) is 9.04. The van der Waals surface area contributed by atoms with E-state index in [1.165, 1.54) is 6.07 Å². The number of nitrogens with zero attached hydrogens (tertiary/aromatic N) is 4. The number of benzene rings is 1. The van der Waals surface area contributed by atoms with Gasteiger partial charge in [-0.1, -0.05) is 31.8 Å². The normalized spacial score (nSPS) is 16.5. The number of rotatable bonds is 4. The Morgan fingerprint density at radius 1 is 1.35 bits per heavy atom. The molecule has 0 spiro atoms. The summed E-state index contributed by atoms with van der Waals surface area (Å²) in [5.74, 6) is 8.36. The molecule has 3 rings (SSSR count). The molecule has 2 aromatic rings. The van der Waals surface area contributed by atoms with E-state index in [-0.39, 0.29) is 12.6 Å². The van der Waals surface area contributed by atoms with Crippen molar-refractivity contribution in [3.8, 4) is 11.8 Å². The van der Waals surface area contributed by atoms with E-state index in [1.54, 1.807) is 6.07 Å². The maximum Gasteiger partial charge on any atom is 0.416 e. The Kier molecular flexibility index (Phi) is 7.21. The summed E-state index contributed by atoms with van der Waals surface area (Å²) in [5.41, 5.74) is -0.391. The summed E-state index contributed by atoms with van der Waals surface area (Å²) in [6.07, 6.45) is -2.62. The second kappa shape index (κ2) is 9.86. The van der Waals surface area contributed by atoms with Crippen LogP contribution in [0.5, 0.6) is 0 Å². The molecule has 1 unspecified atom stereocenters. The van der Waals surface area contributed by atoms with Gasteiger partial charge < -0.3 is 10.6 Å². The first-order valence-electron chi connectivity index (χ1n) is 10.4. The SMILES string of the molecule is CCNC(=NCC#Cc1cccc(C(F)(F)F)c1)NC1CCc2nc(C(C)C)nn2C1. The number of aliphatic imine (C=N–C) groups is 1. The van der Waals surface area contributed by atoms with Gasteiger partial charge in [-0.15, -0.1) is 0 Å². The van der Waals surface area contributed by atoms with E-state index < -0.39 is 11.7 Å². The van der Waals surface area contributed by atoms with Crippen LogP contribution in [0.4, 0.5) is 13.2 Å². The van der Waals surface area contributed by atoms with Crippen LogP contribution in [0, 0.1) is 11.8 Å². The second-order valence-corrected chi connectivity index (χ2v) is 7.68. The highest BCUT2D eigenvalue weighted by Crippen LogP contribution is 2.29. The fourth-order valence-electron chi connectivity index (χ4n) is 3.24. The molecule has 6 nitrogen and oxygen atoms in total. The molecule has 2 heterocycles. The zero-order valence-corrected chi connectivity index (χ0v) is 17.9. The minimum absolute atomic E-state index is 0.156. The first-order valence-corrected chi connectivity index (χ1v) is 10.4. The Morgan fingerprint density at radius 2 is 2.16 bits per heavy atom. The summed E-state index contributed by atoms with van der Waals surface area (Å²) < 4.78 is 40.4. The Balaban J connectivity index is 1.62. The van der Waals surface area contributed by atoms with Crippen LogP contribution in [-0.2, 0) is 19.1 Å². The minimum atomic E-state index is -4.38. The maximum atomic E-state index is 12.8. The summed E-state index contributed by atoms with van der Waals surface area (Å²) in [5, 5.41) is 11.2. The van der Waals surface area contributed by atoms with E-state index in [0.717, 1.165) is 36.6 Å². The van der Waals surface area contributed by atoms with Crippen LogP contribution < -0.4 is 10.6 Å². The Morgan fingerprint density at radius 3 is 2.87 bits per heavy atom. The third-order valence-corrected chi connectivity index (χ3v) is 4.81. The Hall–Kier alpha value is -3.02. The molecular formula is C22H27F3N6. The summed E-state index contributed by atoms with van der Waals surface area (Å²) in [6.45, 7) is 7.68. The van der Waals surface area contributed by atoms with E-state index in [4.69, 9.17) is 0 Å². The average Bonchev–Trinajstić information content (AvgIpc) is 3.15. The molecule has 0 fully saturated rings. The molecule has 1 aromatic heterocycles. The zero-order chi connectivity index (χ0) is 22.4. The third-order valence-electron chi connectivity index (χ3n) is 4.81. The van der Waals surface area contributed by atoms with E-state index in [9.17, 15) is 13.2 Å². The van der Waals surface area contributed by atoms with Gasteiger partial charge in [0.2, 0.25) is 0 Å². The molecule has 0 saturated carbocycles. The van der Waals surface area contributed by atoms with Gasteiger partial charge in [0.15, 0.2) is 11.8 Å². The van der Waals surface area contributed by atoms with Gasteiger partial charge in [0, 0.05) is 30.5 Å². The maximum absolute atomic E-state index is 12.8. The van der Waals surface area contributed by atoms with E-state index in [2.05, 4.69) is 51.4 Å². The van der Waals surface area contributed by atoms with Crippen LogP contribution >= 0.6 is 0 Å². The Labute approximate surface area is 180 Å². The molecule has 1 aliphatic rings. The lowest BCUT2D eigenvalue weighted by atomic mass is 10.1. The highest BCUT2D eigenvalue weighted by atomic mass is 19.4. The van der Waals surface area contributed by atoms with E-state index in [1.807, 2.05) is 11.6 Å². The van der Waals surface area contributed by atoms with Crippen molar-refractivity contribution in [1.82, 2.24) is 25.4 Å². The van der Waals surface area contributed by atoms with Crippen molar-refractivity contribution in [2.75, 3.05) is 13.1 Å². The lowest BCUT2D eigenvalue weighted by Gasteiger charge is -2.25. The van der Waals surface area contributed by atoms with Gasteiger partial charge >= 0.3 is 6.18 Å². The smallest absolute Gasteiger partial charge is 0.357 e. The zero-order valence-electron chi connectivity index (χ0n) is 17.9. The molecule has 0 bridgehead atoms. The van der Waals surface area contributed by atoms with Crippen LogP contribution in [0.15, 0.2) is 29.3 Å². The van der Waals surface area contributed by atoms with Gasteiger partial charge in [0.25, 0.3) is 0 Å². The molecular weight excluding hydrogens is 405 g/mol. The molecule has 1 atom stereocenters. The lowest BCUT2D eigenvalue weighted by Crippen LogP contribution is -2.47. The predicted molar refractivity (Wildman–Crippen MR) is 114 cm³/mol. The number of hydrogen-bond donors (Lipinski definition) is 2. The van der Waals surface area contributed by atoms with Crippen molar-refractivity contribution in [2.45, 2.75) is 58.3 Å². The van der Waals surface area contributed by atoms with Gasteiger partial charge in [0.1, 0.15) is 12.4 Å². The van der Waals surface area contributed by atoms with Crippen LogP contribution in [-0.4, -0.2) is 39.9 Å². The number of hydrogen-bond acceptors (Lipinski definition) is 3. The van der Waals surface area contributed by atoms with Crippen LogP contribution in [0.2, 0.25) is 0 Å². The number of fused-ring (bicyclic) bond motifs is 1. The van der Waals surface area contributed by atoms with Gasteiger partial charge in [-0.25, -0.2) is 14.7 Å². The quantitative estimate of drug-likeness (QED) is 0.442. The van der Waals surface area contributed by atoms with Crippen molar-refractivity contribution in [2.24, 2.45) is 4.99 Å². The highest BCUT2D eigenvalue weighted by molar-refractivity contribution is 5.80. The monoisotopic (exact) mass is 432 g/mol. The fraction of sp³-hybridized carbons (Fsp3) is 0.500. The van der Waals surface area contributed by atoms with Gasteiger partial charge in [-0.05, 0) is 31.5 Å². The number of halogens is 3. The standard InChI is InChI=1S/C22H27F3N6/c1-4-26-21(27-12-6-8-16-7-5-9-17(13-16)22(23,24)25)28-18-10-11-19-29-20(15(2)3)30-31(19)14-18/h5,7,9,13,15,18H,4,10-12,14H2,1-3H3,(H2,26,27,28). The largest absolute Gasteiger partial charge is 0.416 e. The fourth-order valence-corrected chi connectivity index (χ4v) is 3.24. The first kappa shape index (κ1) is 22.7. The highest BCUT2D eigenvalue weighted by Gasteiger charge is 2.30. The molecule has 0 saturated heterocycles. The number of nitrogens with one attached hydrogen (secondary N) is 2. The molecule has 1 aliphatic heterocycles. The lowest BCUT2D eigenvalue weighted by molar-refractivity contribution is -0.137. The predicted octanol–water partition coefficient (Wildman–Crippen LogP) is 3.34. The van der Waals surface area contributed by atoms with Gasteiger partial charge in [-0.3, -0.25) is 0 Å². The van der Waals surface area contributed by atoms with Crippen LogP contribution in [0.3, 0.4) is 0 Å². The first-order chi connectivity index (χ1) is 14.8. The van der Waals surface area contributed by atoms with Crippen LogP contribution in [0.25, 0.3) is 0 Å². The van der Waals surface area contributed by atoms with Crippen molar-refractivity contribution >= 4 is 5.96 Å². The summed E-state index contributed by atoms with van der Waals surface area (Å²) in [6, 6.07) is 5.14. The molecule has 1 aromatic carbocycles. The van der Waals surface area contributed by atoms with Crippen LogP contribution in [0.1, 0.15) is 55.9 Å². The number of guanidine groups is 1. The number of aryl methyl sites for hydroxylation is 1. The third kappa shape index (κ3) is 6.23. The molecule has 0 radical (unpaired) electrons. The Bertz CT molecular complexity index is 981. The molecule has 166 valence electrons. The minimum Gasteiger partial charge on any atom is -0.357 e. The topological polar surface area (TPSA) is 67.1 Å². The van der Waals surface area contributed by atoms with Crippen molar-refractivity contribution in [3.63, 3.8) is 0 Å². The summed E-state index contributed by atoms with van der Waals surface area (Å²) in [7, 11) is 0. The van der Waals surface area contributed by atoms with E-state index in [0.29, 0.717) is 30.5 Å². The van der Waals surface area contributed by atoms with Crippen molar-refractivity contribution in [1.29, 1.82) is 0 Å². The average molecular weight is 432 g/mol. The second-order valence-electron chi connectivity index (χ2n) is 7.68. The van der Waals surface area contributed by atoms with Crippen molar-refractivity contribution < 1.29 is 13.2 Å². The van der Waals surface area contributed by atoms with Crippen molar-refractivity contribution in [3.05, 3.63) is 47.0 Å². The molecule has 0 amide bonds. The van der Waals surface area contributed by atoms with E-state index >= 15 is 0 Å². The van der Waals surface area contributed by atoms with Gasteiger partial charge in [-0.2, -0.15) is 18.3 Å². The molecule has 2 N–H and O–H groups in total. The number of alkyl halides is 3. The molecule has 31 heavy (non-hydrogen) atoms. The summed E-state index contributed by atoms with van der Waals surface area (Å²) >= 11 is 0.